The van der Waals surface area contributed by atoms with Crippen molar-refractivity contribution < 1.29 is 14.1 Å². The lowest BCUT2D eigenvalue weighted by atomic mass is 9.85. The van der Waals surface area contributed by atoms with Crippen LogP contribution in [0.1, 0.15) is 95.2 Å². The molecule has 0 bridgehead atoms. The molecule has 1 saturated carbocycles. The molecule has 0 radical (unpaired) electrons. The van der Waals surface area contributed by atoms with E-state index in [1.54, 1.807) is 7.11 Å². The van der Waals surface area contributed by atoms with E-state index in [2.05, 4.69) is 28.9 Å². The van der Waals surface area contributed by atoms with Crippen molar-refractivity contribution in [2.45, 2.75) is 95.1 Å². The summed E-state index contributed by atoms with van der Waals surface area (Å²) in [6, 6.07) is 0.704. The number of nitrogens with zero attached hydrogens (tertiary/aromatic N) is 4. The van der Waals surface area contributed by atoms with Crippen molar-refractivity contribution in [1.82, 2.24) is 19.9 Å². The molecule has 1 aromatic rings. The van der Waals surface area contributed by atoms with Crippen molar-refractivity contribution in [3.63, 3.8) is 0 Å². The molecule has 1 unspecified atom stereocenters. The summed E-state index contributed by atoms with van der Waals surface area (Å²) in [6.45, 7) is 7.49. The summed E-state index contributed by atoms with van der Waals surface area (Å²) in [7, 11) is 1.71. The van der Waals surface area contributed by atoms with Gasteiger partial charge in [-0.15, -0.1) is 0 Å². The van der Waals surface area contributed by atoms with Crippen molar-refractivity contribution in [2.24, 2.45) is 0 Å². The molecule has 2 aliphatic heterocycles. The highest BCUT2D eigenvalue weighted by molar-refractivity contribution is 5.85. The van der Waals surface area contributed by atoms with Gasteiger partial charge in [0.1, 0.15) is 5.60 Å². The maximum Gasteiger partial charge on any atom is 0.254 e. The first-order chi connectivity index (χ1) is 14.5. The van der Waals surface area contributed by atoms with Gasteiger partial charge in [0.05, 0.1) is 5.92 Å². The van der Waals surface area contributed by atoms with Crippen LogP contribution in [0, 0.1) is 0 Å². The molecule has 30 heavy (non-hydrogen) atoms. The predicted octanol–water partition coefficient (Wildman–Crippen LogP) is 3.71. The van der Waals surface area contributed by atoms with Gasteiger partial charge in [0.15, 0.2) is 5.82 Å². The Morgan fingerprint density at radius 2 is 1.83 bits per heavy atom. The fourth-order valence-corrected chi connectivity index (χ4v) is 5.50. The van der Waals surface area contributed by atoms with Crippen molar-refractivity contribution in [1.29, 1.82) is 0 Å². The molecular weight excluding hydrogens is 380 g/mol. The Kier molecular flexibility index (Phi) is 6.78. The molecule has 0 aromatic carbocycles. The van der Waals surface area contributed by atoms with E-state index in [4.69, 9.17) is 9.26 Å². The van der Waals surface area contributed by atoms with E-state index in [0.29, 0.717) is 18.5 Å². The molecule has 3 fully saturated rings. The second-order valence-electron chi connectivity index (χ2n) is 9.76. The number of ether oxygens (including phenoxy) is 1. The minimum atomic E-state index is -0.676. The quantitative estimate of drug-likeness (QED) is 0.726. The SMILES string of the molecule is COC1(C(=O)N2CCCC(c3nc(C(C)C)no3)C2)CCN(C2CCCCC2)CC1. The van der Waals surface area contributed by atoms with Crippen molar-refractivity contribution in [3.8, 4) is 0 Å². The average molecular weight is 419 g/mol. The molecule has 3 aliphatic rings. The first-order valence-electron chi connectivity index (χ1n) is 11.9. The van der Waals surface area contributed by atoms with Crippen LogP contribution in [-0.4, -0.2) is 70.8 Å². The Morgan fingerprint density at radius 1 is 1.10 bits per heavy atom. The van der Waals surface area contributed by atoms with E-state index >= 15 is 0 Å². The summed E-state index contributed by atoms with van der Waals surface area (Å²) in [6.07, 6.45) is 10.2. The van der Waals surface area contributed by atoms with E-state index in [9.17, 15) is 4.79 Å². The van der Waals surface area contributed by atoms with Crippen LogP contribution in [0.5, 0.6) is 0 Å². The summed E-state index contributed by atoms with van der Waals surface area (Å²) in [5.41, 5.74) is -0.676. The number of carbonyl (C=O) groups is 1. The number of hydrogen-bond donors (Lipinski definition) is 0. The molecule has 0 N–H and O–H groups in total. The third-order valence-corrected chi connectivity index (χ3v) is 7.51. The number of aromatic nitrogens is 2. The molecule has 1 amide bonds. The second kappa shape index (κ2) is 9.35. The largest absolute Gasteiger partial charge is 0.368 e. The lowest BCUT2D eigenvalue weighted by Crippen LogP contribution is -2.58. The zero-order valence-electron chi connectivity index (χ0n) is 18.9. The molecule has 1 atom stereocenters. The second-order valence-corrected chi connectivity index (χ2v) is 9.76. The van der Waals surface area contributed by atoms with Crippen LogP contribution < -0.4 is 0 Å². The molecule has 1 aromatic heterocycles. The van der Waals surface area contributed by atoms with Crippen molar-refractivity contribution >= 4 is 5.91 Å². The highest BCUT2D eigenvalue weighted by atomic mass is 16.5. The normalized spacial score (nSPS) is 26.3. The molecule has 2 saturated heterocycles. The number of hydrogen-bond acceptors (Lipinski definition) is 6. The van der Waals surface area contributed by atoms with Crippen molar-refractivity contribution in [2.75, 3.05) is 33.3 Å². The van der Waals surface area contributed by atoms with Crippen LogP contribution in [-0.2, 0) is 9.53 Å². The molecule has 1 aliphatic carbocycles. The van der Waals surface area contributed by atoms with Gasteiger partial charge in [-0.3, -0.25) is 4.79 Å². The maximum absolute atomic E-state index is 13.6. The standard InChI is InChI=1S/C23H38N4O3/c1-17(2)20-24-21(30-25-20)18-8-7-13-27(16-18)22(28)23(29-3)11-14-26(15-12-23)19-9-5-4-6-10-19/h17-19H,4-16H2,1-3H3. The number of carbonyl (C=O) groups excluding carboxylic acids is 1. The van der Waals surface area contributed by atoms with Gasteiger partial charge in [-0.1, -0.05) is 38.3 Å². The number of likely N-dealkylation sites (tertiary alicyclic amines) is 2. The van der Waals surface area contributed by atoms with Crippen LogP contribution >= 0.6 is 0 Å². The van der Waals surface area contributed by atoms with Crippen LogP contribution in [0.3, 0.4) is 0 Å². The fraction of sp³-hybridized carbons (Fsp3) is 0.870. The zero-order chi connectivity index (χ0) is 21.1. The summed E-state index contributed by atoms with van der Waals surface area (Å²) in [5, 5.41) is 4.11. The third kappa shape index (κ3) is 4.42. The van der Waals surface area contributed by atoms with Gasteiger partial charge in [-0.05, 0) is 38.5 Å². The van der Waals surface area contributed by atoms with Gasteiger partial charge in [-0.2, -0.15) is 4.98 Å². The molecule has 168 valence electrons. The highest BCUT2D eigenvalue weighted by Crippen LogP contribution is 2.34. The Morgan fingerprint density at radius 3 is 2.47 bits per heavy atom. The molecule has 7 heteroatoms. The van der Waals surface area contributed by atoms with Gasteiger partial charge >= 0.3 is 0 Å². The van der Waals surface area contributed by atoms with Crippen LogP contribution in [0.15, 0.2) is 4.52 Å². The van der Waals surface area contributed by atoms with Crippen LogP contribution in [0.4, 0.5) is 0 Å². The molecule has 0 spiro atoms. The van der Waals surface area contributed by atoms with Gasteiger partial charge < -0.3 is 19.1 Å². The van der Waals surface area contributed by atoms with Crippen LogP contribution in [0.25, 0.3) is 0 Å². The third-order valence-electron chi connectivity index (χ3n) is 7.51. The van der Waals surface area contributed by atoms with Crippen LogP contribution in [0.2, 0.25) is 0 Å². The summed E-state index contributed by atoms with van der Waals surface area (Å²) >= 11 is 0. The summed E-state index contributed by atoms with van der Waals surface area (Å²) < 4.78 is 11.5. The Labute approximate surface area is 180 Å². The monoisotopic (exact) mass is 418 g/mol. The van der Waals surface area contributed by atoms with E-state index in [1.807, 2.05) is 4.90 Å². The molecule has 3 heterocycles. The Balaban J connectivity index is 1.39. The summed E-state index contributed by atoms with van der Waals surface area (Å²) in [4.78, 5) is 22.8. The lowest BCUT2D eigenvalue weighted by Gasteiger charge is -2.46. The average Bonchev–Trinajstić information content (AvgIpc) is 3.30. The zero-order valence-corrected chi connectivity index (χ0v) is 18.9. The maximum atomic E-state index is 13.6. The molecule has 7 nitrogen and oxygen atoms in total. The Bertz CT molecular complexity index is 705. The number of rotatable bonds is 5. The predicted molar refractivity (Wildman–Crippen MR) is 114 cm³/mol. The van der Waals surface area contributed by atoms with Gasteiger partial charge in [0, 0.05) is 45.2 Å². The fourth-order valence-electron chi connectivity index (χ4n) is 5.50. The molecule has 4 rings (SSSR count). The molecular formula is C23H38N4O3. The Hall–Kier alpha value is -1.47. The first-order valence-corrected chi connectivity index (χ1v) is 11.9. The lowest BCUT2D eigenvalue weighted by molar-refractivity contribution is -0.163. The smallest absolute Gasteiger partial charge is 0.254 e. The van der Waals surface area contributed by atoms with Gasteiger partial charge in [-0.25, -0.2) is 0 Å². The van der Waals surface area contributed by atoms with E-state index in [-0.39, 0.29) is 17.7 Å². The highest BCUT2D eigenvalue weighted by Gasteiger charge is 2.46. The van der Waals surface area contributed by atoms with E-state index in [0.717, 1.165) is 51.1 Å². The minimum Gasteiger partial charge on any atom is -0.368 e. The number of methoxy groups -OCH3 is 1. The number of piperidine rings is 2. The van der Waals surface area contributed by atoms with Gasteiger partial charge in [0.2, 0.25) is 5.89 Å². The van der Waals surface area contributed by atoms with Gasteiger partial charge in [0.25, 0.3) is 5.91 Å². The minimum absolute atomic E-state index is 0.124. The van der Waals surface area contributed by atoms with Crippen molar-refractivity contribution in [3.05, 3.63) is 11.7 Å². The number of amides is 1. The topological polar surface area (TPSA) is 71.7 Å². The summed E-state index contributed by atoms with van der Waals surface area (Å²) in [5.74, 6) is 1.95. The first kappa shape index (κ1) is 21.8. The van der Waals surface area contributed by atoms with E-state index < -0.39 is 5.60 Å². The van der Waals surface area contributed by atoms with E-state index in [1.165, 1.54) is 32.1 Å².